The third kappa shape index (κ3) is 18.9. The molecule has 0 aromatic carbocycles. The summed E-state index contributed by atoms with van der Waals surface area (Å²) in [7, 11) is 0. The molecule has 24 nitrogen and oxygen atoms in total. The molecule has 1 heterocycles. The smallest absolute Gasteiger partial charge is 0.328 e. The molecule has 0 unspecified atom stereocenters. The average Bonchev–Trinajstić information content (AvgIpc) is 3.45. The lowest BCUT2D eigenvalue weighted by molar-refractivity contribution is -0.145. The molecule has 6 atom stereocenters. The Labute approximate surface area is 338 Å². The van der Waals surface area contributed by atoms with Crippen LogP contribution in [0.3, 0.4) is 0 Å². The van der Waals surface area contributed by atoms with Gasteiger partial charge in [0.15, 0.2) is 0 Å². The molecule has 0 bridgehead atoms. The first-order valence-electron chi connectivity index (χ1n) is 18.5. The Morgan fingerprint density at radius 1 is 0.610 bits per heavy atom. The molecule has 59 heavy (non-hydrogen) atoms. The number of carbonyl (C=O) groups excluding carboxylic acids is 7. The number of nitrogens with one attached hydrogen (secondary N) is 7. The number of carboxylic acids is 4. The minimum absolute atomic E-state index is 0.204. The fraction of sp³-hybridized carbons (Fsp3) is 0.629. The number of nitrogens with two attached hydrogens (primary N) is 1. The molecule has 1 aliphatic heterocycles. The maximum absolute atomic E-state index is 13.8. The van der Waals surface area contributed by atoms with Gasteiger partial charge in [0.1, 0.15) is 24.2 Å². The first-order chi connectivity index (χ1) is 27.4. The van der Waals surface area contributed by atoms with Crippen molar-refractivity contribution in [2.75, 3.05) is 19.6 Å². The van der Waals surface area contributed by atoms with E-state index < -0.39 is 152 Å². The van der Waals surface area contributed by atoms with Crippen LogP contribution in [0.4, 0.5) is 0 Å². The Hall–Kier alpha value is -6.01. The van der Waals surface area contributed by atoms with E-state index in [1.165, 1.54) is 0 Å². The number of hydrogen-bond acceptors (Lipinski definition) is 14. The quantitative estimate of drug-likeness (QED) is 0.0348. The van der Waals surface area contributed by atoms with Gasteiger partial charge in [-0.1, -0.05) is 13.8 Å². The molecule has 0 saturated heterocycles. The molecule has 13 N–H and O–H groups in total. The number of carboxylic acid groups (broad SMARTS) is 4. The second-order valence-corrected chi connectivity index (χ2v) is 14.8. The monoisotopic (exact) mass is 841 g/mol. The molecular formula is C35H55N9O15. The van der Waals surface area contributed by atoms with Crippen LogP contribution >= 0.6 is 0 Å². The van der Waals surface area contributed by atoms with Crippen LogP contribution in [0.1, 0.15) is 73.1 Å². The number of imide groups is 1. The highest BCUT2D eigenvalue weighted by Crippen LogP contribution is 2.10. The standard InChI is InChI=1S/C35H55N9O15/c1-17(2)39-19(7-12-27(49)50)30(54)42-22(34(58)59)16-37-29(53)18(6-11-26(47)48)40-32(56)21(41-31(55)20(8-13-28(51)52)43-35(3,4)5)15-38-33(57)23(14-36)44-24(45)9-10-25(44)46/h9-10,17-23,39,43H,6-8,11-16,36H2,1-5H3,(H,37,53)(H,38,57)(H,40,56)(H,41,55)(H,42,54)(H,47,48)(H,49,50)(H,51,52)(H,58,59)/t18-,19-,20-,21-,22-,23-/m0/s1. The Morgan fingerprint density at radius 3 is 1.47 bits per heavy atom. The summed E-state index contributed by atoms with van der Waals surface area (Å²) in [6.45, 7) is 6.24. The summed E-state index contributed by atoms with van der Waals surface area (Å²) in [5.41, 5.74) is 4.91. The summed E-state index contributed by atoms with van der Waals surface area (Å²) in [5.74, 6) is -12.3. The second kappa shape index (κ2) is 24.0. The van der Waals surface area contributed by atoms with Gasteiger partial charge in [-0.05, 0) is 40.0 Å². The van der Waals surface area contributed by atoms with Gasteiger partial charge in [-0.3, -0.25) is 52.8 Å². The number of hydrogen-bond donors (Lipinski definition) is 12. The van der Waals surface area contributed by atoms with E-state index in [9.17, 15) is 68.1 Å². The van der Waals surface area contributed by atoms with Gasteiger partial charge in [-0.25, -0.2) is 4.79 Å². The average molecular weight is 842 g/mol. The zero-order valence-corrected chi connectivity index (χ0v) is 33.4. The molecule has 330 valence electrons. The molecule has 0 aliphatic carbocycles. The SMILES string of the molecule is CC(C)N[C@@H](CCC(=O)O)C(=O)N[C@@H](CNC(=O)[C@H](CCC(=O)O)NC(=O)[C@H](CNC(=O)[C@H](CN)N1C(=O)C=CC1=O)NC(=O)[C@H](CCC(=O)O)NC(C)(C)C)C(=O)O. The first-order valence-corrected chi connectivity index (χ1v) is 18.5. The van der Waals surface area contributed by atoms with Crippen LogP contribution in [0.25, 0.3) is 0 Å². The van der Waals surface area contributed by atoms with Crippen LogP contribution in [0.15, 0.2) is 12.2 Å². The van der Waals surface area contributed by atoms with E-state index in [1.54, 1.807) is 34.6 Å². The van der Waals surface area contributed by atoms with Crippen molar-refractivity contribution in [3.63, 3.8) is 0 Å². The molecule has 0 saturated carbocycles. The van der Waals surface area contributed by atoms with Crippen molar-refractivity contribution in [1.29, 1.82) is 0 Å². The van der Waals surface area contributed by atoms with Gasteiger partial charge < -0.3 is 63.4 Å². The molecule has 7 amide bonds. The van der Waals surface area contributed by atoms with Crippen LogP contribution in [0, 0.1) is 0 Å². The molecule has 0 fully saturated rings. The van der Waals surface area contributed by atoms with Gasteiger partial charge in [0.05, 0.1) is 12.1 Å². The topological polar surface area (TPSA) is 382 Å². The second-order valence-electron chi connectivity index (χ2n) is 14.8. The van der Waals surface area contributed by atoms with E-state index >= 15 is 0 Å². The highest BCUT2D eigenvalue weighted by Gasteiger charge is 2.37. The molecule has 0 aromatic rings. The minimum Gasteiger partial charge on any atom is -0.481 e. The van der Waals surface area contributed by atoms with Gasteiger partial charge in [0.25, 0.3) is 11.8 Å². The predicted molar refractivity (Wildman–Crippen MR) is 203 cm³/mol. The fourth-order valence-corrected chi connectivity index (χ4v) is 5.48. The third-order valence-electron chi connectivity index (χ3n) is 8.24. The van der Waals surface area contributed by atoms with E-state index in [0.717, 1.165) is 12.2 Å². The third-order valence-corrected chi connectivity index (χ3v) is 8.24. The van der Waals surface area contributed by atoms with E-state index in [4.69, 9.17) is 10.8 Å². The van der Waals surface area contributed by atoms with E-state index in [1.807, 2.05) is 0 Å². The number of aliphatic carboxylic acids is 4. The summed E-state index contributed by atoms with van der Waals surface area (Å²) in [6.07, 6.45) is -0.864. The first kappa shape index (κ1) is 51.0. The lowest BCUT2D eigenvalue weighted by Gasteiger charge is -2.30. The largest absolute Gasteiger partial charge is 0.481 e. The van der Waals surface area contributed by atoms with E-state index in [0.29, 0.717) is 4.90 Å². The van der Waals surface area contributed by atoms with Crippen molar-refractivity contribution in [3.05, 3.63) is 12.2 Å². The van der Waals surface area contributed by atoms with E-state index in [-0.39, 0.29) is 18.9 Å². The Morgan fingerprint density at radius 2 is 1.02 bits per heavy atom. The van der Waals surface area contributed by atoms with Gasteiger partial charge in [-0.2, -0.15) is 0 Å². The lowest BCUT2D eigenvalue weighted by Crippen LogP contribution is -2.62. The molecular weight excluding hydrogens is 786 g/mol. The van der Waals surface area contributed by atoms with Crippen LogP contribution < -0.4 is 43.0 Å². The van der Waals surface area contributed by atoms with Gasteiger partial charge >= 0.3 is 23.9 Å². The minimum atomic E-state index is -1.79. The van der Waals surface area contributed by atoms with E-state index in [2.05, 4.69) is 37.2 Å². The van der Waals surface area contributed by atoms with Crippen LogP contribution in [0.5, 0.6) is 0 Å². The number of nitrogens with zero attached hydrogens (tertiary/aromatic N) is 1. The maximum atomic E-state index is 13.8. The summed E-state index contributed by atoms with van der Waals surface area (Å²) in [4.78, 5) is 138. The molecule has 24 heteroatoms. The number of carbonyl (C=O) groups is 11. The summed E-state index contributed by atoms with van der Waals surface area (Å²) >= 11 is 0. The normalized spacial score (nSPS) is 15.6. The van der Waals surface area contributed by atoms with Crippen molar-refractivity contribution >= 4 is 65.2 Å². The highest BCUT2D eigenvalue weighted by molar-refractivity contribution is 6.15. The Kier molecular flexibility index (Phi) is 20.8. The van der Waals surface area contributed by atoms with Gasteiger partial charge in [0, 0.05) is 62.6 Å². The molecule has 0 spiro atoms. The molecule has 1 aliphatic rings. The van der Waals surface area contributed by atoms with Crippen molar-refractivity contribution in [1.82, 2.24) is 42.1 Å². The molecule has 0 aromatic heterocycles. The highest BCUT2D eigenvalue weighted by atomic mass is 16.4. The maximum Gasteiger partial charge on any atom is 0.328 e. The van der Waals surface area contributed by atoms with Crippen LogP contribution in [-0.2, 0) is 52.7 Å². The zero-order chi connectivity index (χ0) is 45.2. The van der Waals surface area contributed by atoms with Gasteiger partial charge in [-0.15, -0.1) is 0 Å². The Bertz CT molecular complexity index is 1610. The summed E-state index contributed by atoms with van der Waals surface area (Å²) in [6, 6.07) is -9.54. The van der Waals surface area contributed by atoms with Crippen molar-refractivity contribution < 1.29 is 73.2 Å². The lowest BCUT2D eigenvalue weighted by atomic mass is 10.0. The van der Waals surface area contributed by atoms with Crippen molar-refractivity contribution in [2.45, 2.75) is 121 Å². The Balaban J connectivity index is 3.40. The summed E-state index contributed by atoms with van der Waals surface area (Å²) in [5, 5.41) is 54.6. The zero-order valence-electron chi connectivity index (χ0n) is 33.4. The van der Waals surface area contributed by atoms with Crippen molar-refractivity contribution in [3.8, 4) is 0 Å². The predicted octanol–water partition coefficient (Wildman–Crippen LogP) is -4.27. The fourth-order valence-electron chi connectivity index (χ4n) is 5.48. The number of rotatable bonds is 27. The molecule has 1 rings (SSSR count). The van der Waals surface area contributed by atoms with Crippen LogP contribution in [-0.4, -0.2) is 158 Å². The van der Waals surface area contributed by atoms with Crippen molar-refractivity contribution in [2.24, 2.45) is 5.73 Å². The van der Waals surface area contributed by atoms with Gasteiger partial charge in [0.2, 0.25) is 29.5 Å². The van der Waals surface area contributed by atoms with Crippen LogP contribution in [0.2, 0.25) is 0 Å². The summed E-state index contributed by atoms with van der Waals surface area (Å²) < 4.78 is 0. The molecule has 0 radical (unpaired) electrons. The number of amides is 7.